The Balaban J connectivity index is 1.92. The van der Waals surface area contributed by atoms with Gasteiger partial charge in [-0.25, -0.2) is 8.42 Å². The highest BCUT2D eigenvalue weighted by atomic mass is 32.2. The van der Waals surface area contributed by atoms with Gasteiger partial charge in [0.25, 0.3) is 0 Å². The molecule has 1 amide bonds. The standard InChI is InChI=1S/C19H22N2O3S/c1-14-3-7-16(8-4-14)13-25(23,24)21-12-11-20-19(22)18(21)17-9-5-15(2)6-10-17/h3-10,18H,11-13H2,1-2H3,(H,20,22). The molecule has 5 nitrogen and oxygen atoms in total. The van der Waals surface area contributed by atoms with Crippen LogP contribution >= 0.6 is 0 Å². The summed E-state index contributed by atoms with van der Waals surface area (Å²) in [7, 11) is -3.62. The lowest BCUT2D eigenvalue weighted by Crippen LogP contribution is -2.52. The second-order valence-corrected chi connectivity index (χ2v) is 8.38. The van der Waals surface area contributed by atoms with Gasteiger partial charge in [0.05, 0.1) is 5.75 Å². The van der Waals surface area contributed by atoms with Crippen LogP contribution < -0.4 is 5.32 Å². The third-order valence-electron chi connectivity index (χ3n) is 4.39. The summed E-state index contributed by atoms with van der Waals surface area (Å²) >= 11 is 0. The minimum atomic E-state index is -3.62. The van der Waals surface area contributed by atoms with E-state index in [9.17, 15) is 13.2 Å². The highest BCUT2D eigenvalue weighted by molar-refractivity contribution is 7.88. The SMILES string of the molecule is Cc1ccc(CS(=O)(=O)N2CCNC(=O)C2c2ccc(C)cc2)cc1. The maximum Gasteiger partial charge on any atom is 0.243 e. The highest BCUT2D eigenvalue weighted by Gasteiger charge is 2.38. The third-order valence-corrected chi connectivity index (χ3v) is 6.19. The van der Waals surface area contributed by atoms with E-state index in [4.69, 9.17) is 0 Å². The van der Waals surface area contributed by atoms with Crippen molar-refractivity contribution >= 4 is 15.9 Å². The minimum Gasteiger partial charge on any atom is -0.353 e. The second-order valence-electron chi connectivity index (χ2n) is 6.46. The number of rotatable bonds is 4. The van der Waals surface area contributed by atoms with Gasteiger partial charge in [0.1, 0.15) is 6.04 Å². The minimum absolute atomic E-state index is 0.108. The average molecular weight is 358 g/mol. The predicted octanol–water partition coefficient (Wildman–Crippen LogP) is 2.31. The smallest absolute Gasteiger partial charge is 0.243 e. The van der Waals surface area contributed by atoms with Crippen LogP contribution in [-0.4, -0.2) is 31.7 Å². The summed E-state index contributed by atoms with van der Waals surface area (Å²) in [5, 5.41) is 2.77. The molecule has 3 rings (SSSR count). The number of benzene rings is 2. The van der Waals surface area contributed by atoms with Crippen LogP contribution in [0.15, 0.2) is 48.5 Å². The van der Waals surface area contributed by atoms with Crippen molar-refractivity contribution in [2.45, 2.75) is 25.6 Å². The van der Waals surface area contributed by atoms with Gasteiger partial charge >= 0.3 is 0 Å². The molecule has 0 aliphatic carbocycles. The molecule has 25 heavy (non-hydrogen) atoms. The second kappa shape index (κ2) is 6.98. The van der Waals surface area contributed by atoms with Crippen LogP contribution in [0.3, 0.4) is 0 Å². The van der Waals surface area contributed by atoms with Crippen LogP contribution in [0.25, 0.3) is 0 Å². The summed E-state index contributed by atoms with van der Waals surface area (Å²) in [5.74, 6) is -0.384. The molecule has 0 aromatic heterocycles. The number of nitrogens with one attached hydrogen (secondary N) is 1. The molecule has 132 valence electrons. The van der Waals surface area contributed by atoms with Gasteiger partial charge in [-0.05, 0) is 25.0 Å². The van der Waals surface area contributed by atoms with Crippen molar-refractivity contribution in [1.82, 2.24) is 9.62 Å². The van der Waals surface area contributed by atoms with Gasteiger partial charge in [0, 0.05) is 13.1 Å². The first-order chi connectivity index (χ1) is 11.9. The summed E-state index contributed by atoms with van der Waals surface area (Å²) < 4.78 is 27.3. The van der Waals surface area contributed by atoms with Crippen molar-refractivity contribution in [3.63, 3.8) is 0 Å². The van der Waals surface area contributed by atoms with Gasteiger partial charge in [-0.15, -0.1) is 0 Å². The topological polar surface area (TPSA) is 66.5 Å². The highest BCUT2D eigenvalue weighted by Crippen LogP contribution is 2.28. The lowest BCUT2D eigenvalue weighted by molar-refractivity contribution is -0.126. The van der Waals surface area contributed by atoms with E-state index in [0.717, 1.165) is 16.7 Å². The van der Waals surface area contributed by atoms with E-state index in [1.165, 1.54) is 4.31 Å². The number of carbonyl (C=O) groups excluding carboxylic acids is 1. The number of sulfonamides is 1. The van der Waals surface area contributed by atoms with Gasteiger partial charge in [-0.1, -0.05) is 59.7 Å². The van der Waals surface area contributed by atoms with E-state index in [1.807, 2.05) is 62.4 Å². The number of nitrogens with zero attached hydrogens (tertiary/aromatic N) is 1. The van der Waals surface area contributed by atoms with Crippen molar-refractivity contribution in [2.75, 3.05) is 13.1 Å². The Kier molecular flexibility index (Phi) is 4.92. The zero-order valence-electron chi connectivity index (χ0n) is 14.4. The van der Waals surface area contributed by atoms with Crippen molar-refractivity contribution < 1.29 is 13.2 Å². The molecule has 0 radical (unpaired) electrons. The van der Waals surface area contributed by atoms with Crippen LogP contribution in [0.1, 0.15) is 28.3 Å². The Morgan fingerprint density at radius 1 is 1.00 bits per heavy atom. The van der Waals surface area contributed by atoms with E-state index in [1.54, 1.807) is 0 Å². The largest absolute Gasteiger partial charge is 0.353 e. The van der Waals surface area contributed by atoms with Crippen molar-refractivity contribution in [3.05, 3.63) is 70.8 Å². The molecule has 1 N–H and O–H groups in total. The fraction of sp³-hybridized carbons (Fsp3) is 0.316. The molecule has 1 atom stereocenters. The Morgan fingerprint density at radius 2 is 1.56 bits per heavy atom. The van der Waals surface area contributed by atoms with Gasteiger partial charge < -0.3 is 5.32 Å². The number of hydrogen-bond donors (Lipinski definition) is 1. The first-order valence-electron chi connectivity index (χ1n) is 8.26. The van der Waals surface area contributed by atoms with Crippen molar-refractivity contribution in [1.29, 1.82) is 0 Å². The maximum atomic E-state index is 13.0. The molecule has 6 heteroatoms. The summed E-state index contributed by atoms with van der Waals surface area (Å²) in [4.78, 5) is 12.4. The first kappa shape index (κ1) is 17.6. The zero-order valence-corrected chi connectivity index (χ0v) is 15.2. The van der Waals surface area contributed by atoms with Gasteiger partial charge in [-0.2, -0.15) is 4.31 Å². The van der Waals surface area contributed by atoms with Crippen LogP contribution in [-0.2, 0) is 20.6 Å². The average Bonchev–Trinajstić information content (AvgIpc) is 2.57. The fourth-order valence-electron chi connectivity index (χ4n) is 2.99. The lowest BCUT2D eigenvalue weighted by atomic mass is 10.0. The molecule has 1 aliphatic rings. The van der Waals surface area contributed by atoms with E-state index in [0.29, 0.717) is 12.1 Å². The van der Waals surface area contributed by atoms with E-state index < -0.39 is 16.1 Å². The lowest BCUT2D eigenvalue weighted by Gasteiger charge is -2.34. The number of aryl methyl sites for hydroxylation is 2. The normalized spacial score (nSPS) is 18.8. The quantitative estimate of drug-likeness (QED) is 0.912. The fourth-order valence-corrected chi connectivity index (χ4v) is 4.68. The first-order valence-corrected chi connectivity index (χ1v) is 9.87. The van der Waals surface area contributed by atoms with Crippen molar-refractivity contribution in [3.8, 4) is 0 Å². The van der Waals surface area contributed by atoms with Gasteiger partial charge in [-0.3, -0.25) is 4.79 Å². The Bertz CT molecular complexity index is 859. The molecule has 2 aromatic rings. The molecule has 1 saturated heterocycles. The summed E-state index contributed by atoms with van der Waals surface area (Å²) in [5.41, 5.74) is 3.56. The molecule has 0 bridgehead atoms. The van der Waals surface area contributed by atoms with Crippen LogP contribution in [0, 0.1) is 13.8 Å². The monoisotopic (exact) mass is 358 g/mol. The summed E-state index contributed by atoms with van der Waals surface area (Å²) in [6.07, 6.45) is 0. The third kappa shape index (κ3) is 3.91. The predicted molar refractivity (Wildman–Crippen MR) is 97.4 cm³/mol. The van der Waals surface area contributed by atoms with Crippen LogP contribution in [0.2, 0.25) is 0 Å². The van der Waals surface area contributed by atoms with E-state index in [-0.39, 0.29) is 18.2 Å². The summed E-state index contributed by atoms with van der Waals surface area (Å²) in [6.45, 7) is 4.52. The number of amides is 1. The molecule has 1 unspecified atom stereocenters. The number of piperazine rings is 1. The Morgan fingerprint density at radius 3 is 2.16 bits per heavy atom. The number of hydrogen-bond acceptors (Lipinski definition) is 3. The van der Waals surface area contributed by atoms with Gasteiger partial charge in [0.15, 0.2) is 0 Å². The van der Waals surface area contributed by atoms with Crippen molar-refractivity contribution in [2.24, 2.45) is 0 Å². The number of carbonyl (C=O) groups is 1. The van der Waals surface area contributed by atoms with E-state index in [2.05, 4.69) is 5.32 Å². The molecular formula is C19H22N2O3S. The van der Waals surface area contributed by atoms with Gasteiger partial charge in [0.2, 0.25) is 15.9 Å². The summed E-state index contributed by atoms with van der Waals surface area (Å²) in [6, 6.07) is 14.0. The Hall–Kier alpha value is -2.18. The van der Waals surface area contributed by atoms with E-state index >= 15 is 0 Å². The molecule has 0 saturated carbocycles. The van der Waals surface area contributed by atoms with Crippen LogP contribution in [0.4, 0.5) is 0 Å². The maximum absolute atomic E-state index is 13.0. The van der Waals surface area contributed by atoms with Crippen LogP contribution in [0.5, 0.6) is 0 Å². The molecular weight excluding hydrogens is 336 g/mol. The molecule has 2 aromatic carbocycles. The molecule has 1 aliphatic heterocycles. The zero-order chi connectivity index (χ0) is 18.0. The molecule has 0 spiro atoms. The Labute approximate surface area is 148 Å². The molecule has 1 fully saturated rings. The molecule has 1 heterocycles.